The average molecular weight is 412 g/mol. The number of carbonyl (C=O) groups is 1. The van der Waals surface area contributed by atoms with E-state index in [9.17, 15) is 18.3 Å². The molecule has 9 heteroatoms. The Balaban J connectivity index is 1.48. The number of piperidine rings is 1. The van der Waals surface area contributed by atoms with Crippen LogP contribution in [0.4, 0.5) is 0 Å². The number of hydrogen-bond acceptors (Lipinski definition) is 6. The molecule has 3 N–H and O–H groups in total. The summed E-state index contributed by atoms with van der Waals surface area (Å²) in [5.41, 5.74) is 0.983. The number of ether oxygens (including phenoxy) is 1. The molecule has 0 aromatic heterocycles. The maximum Gasteiger partial charge on any atom is 0.240 e. The molecule has 3 rings (SSSR count). The van der Waals surface area contributed by atoms with Gasteiger partial charge in [0, 0.05) is 32.6 Å². The Kier molecular flexibility index (Phi) is 6.72. The van der Waals surface area contributed by atoms with E-state index in [0.29, 0.717) is 19.7 Å². The number of aliphatic hydroxyl groups is 1. The van der Waals surface area contributed by atoms with E-state index in [4.69, 9.17) is 4.74 Å². The highest BCUT2D eigenvalue weighted by atomic mass is 32.2. The van der Waals surface area contributed by atoms with E-state index < -0.39 is 22.2 Å². The van der Waals surface area contributed by atoms with Crippen molar-refractivity contribution in [1.82, 2.24) is 14.9 Å². The number of aryl methyl sites for hydroxylation is 1. The summed E-state index contributed by atoms with van der Waals surface area (Å²) in [6, 6.07) is 6.56. The molecule has 0 radical (unpaired) electrons. The number of sulfonamides is 1. The second-order valence-corrected chi connectivity index (χ2v) is 9.35. The highest BCUT2D eigenvalue weighted by Gasteiger charge is 2.38. The fourth-order valence-corrected chi connectivity index (χ4v) is 4.71. The molecular formula is C19H29N3O5S. The van der Waals surface area contributed by atoms with Crippen LogP contribution in [0, 0.1) is 6.92 Å². The van der Waals surface area contributed by atoms with Crippen LogP contribution in [0.2, 0.25) is 0 Å². The molecule has 1 aromatic carbocycles. The topological polar surface area (TPSA) is 108 Å². The number of nitrogens with one attached hydrogen (secondary N) is 2. The van der Waals surface area contributed by atoms with E-state index in [2.05, 4.69) is 10.0 Å². The van der Waals surface area contributed by atoms with Crippen molar-refractivity contribution >= 4 is 15.9 Å². The van der Waals surface area contributed by atoms with Gasteiger partial charge in [0.25, 0.3) is 0 Å². The van der Waals surface area contributed by atoms with Crippen LogP contribution in [0.15, 0.2) is 29.2 Å². The number of amides is 1. The fourth-order valence-electron chi connectivity index (χ4n) is 3.67. The molecule has 2 aliphatic heterocycles. The summed E-state index contributed by atoms with van der Waals surface area (Å²) < 4.78 is 32.9. The van der Waals surface area contributed by atoms with E-state index in [1.165, 1.54) is 0 Å². The molecule has 2 fully saturated rings. The van der Waals surface area contributed by atoms with Crippen LogP contribution >= 0.6 is 0 Å². The molecule has 0 aliphatic carbocycles. The average Bonchev–Trinajstić information content (AvgIpc) is 3.01. The molecule has 0 spiro atoms. The number of nitrogens with zero attached hydrogens (tertiary/aromatic N) is 1. The molecule has 0 unspecified atom stereocenters. The van der Waals surface area contributed by atoms with Crippen LogP contribution < -0.4 is 10.0 Å². The second-order valence-electron chi connectivity index (χ2n) is 7.58. The van der Waals surface area contributed by atoms with Crippen molar-refractivity contribution in [3.05, 3.63) is 29.8 Å². The molecule has 3 atom stereocenters. The molecular weight excluding hydrogens is 382 g/mol. The number of benzene rings is 1. The number of likely N-dealkylation sites (tertiary alicyclic amines) is 1. The van der Waals surface area contributed by atoms with Gasteiger partial charge >= 0.3 is 0 Å². The van der Waals surface area contributed by atoms with Crippen molar-refractivity contribution in [3.8, 4) is 0 Å². The van der Waals surface area contributed by atoms with Gasteiger partial charge in [0.1, 0.15) is 0 Å². The van der Waals surface area contributed by atoms with Gasteiger partial charge in [-0.25, -0.2) is 13.1 Å². The highest BCUT2D eigenvalue weighted by Crippen LogP contribution is 2.19. The zero-order chi connectivity index (χ0) is 20.3. The lowest BCUT2D eigenvalue weighted by Crippen LogP contribution is -2.51. The molecule has 8 nitrogen and oxygen atoms in total. The normalized spacial score (nSPS) is 26.5. The third-order valence-corrected chi connectivity index (χ3v) is 6.92. The van der Waals surface area contributed by atoms with Gasteiger partial charge in [0.2, 0.25) is 15.9 Å². The van der Waals surface area contributed by atoms with Gasteiger partial charge in [-0.15, -0.1) is 0 Å². The fraction of sp³-hybridized carbons (Fsp3) is 0.632. The Bertz CT molecular complexity index is 775. The van der Waals surface area contributed by atoms with Crippen LogP contribution in [0.25, 0.3) is 0 Å². The summed E-state index contributed by atoms with van der Waals surface area (Å²) in [4.78, 5) is 13.4. The zero-order valence-electron chi connectivity index (χ0n) is 16.3. The summed E-state index contributed by atoms with van der Waals surface area (Å²) in [6.07, 6.45) is 0.253. The maximum atomic E-state index is 12.4. The quantitative estimate of drug-likeness (QED) is 0.608. The molecule has 1 aromatic rings. The summed E-state index contributed by atoms with van der Waals surface area (Å²) in [7, 11) is -3.65. The van der Waals surface area contributed by atoms with Gasteiger partial charge in [0.15, 0.2) is 0 Å². The van der Waals surface area contributed by atoms with Crippen LogP contribution in [-0.4, -0.2) is 74.9 Å². The van der Waals surface area contributed by atoms with Crippen molar-refractivity contribution in [2.45, 2.75) is 55.9 Å². The van der Waals surface area contributed by atoms with E-state index in [-0.39, 0.29) is 29.4 Å². The number of rotatable bonds is 6. The highest BCUT2D eigenvalue weighted by molar-refractivity contribution is 7.89. The zero-order valence-corrected chi connectivity index (χ0v) is 17.1. The second kappa shape index (κ2) is 8.87. The lowest BCUT2D eigenvalue weighted by molar-refractivity contribution is -0.129. The summed E-state index contributed by atoms with van der Waals surface area (Å²) in [5.74, 6) is 0.0867. The van der Waals surface area contributed by atoms with Crippen molar-refractivity contribution in [3.63, 3.8) is 0 Å². The molecule has 156 valence electrons. The Labute approximate surface area is 166 Å². The smallest absolute Gasteiger partial charge is 0.240 e. The monoisotopic (exact) mass is 411 g/mol. The minimum absolute atomic E-state index is 0.0122. The van der Waals surface area contributed by atoms with Crippen LogP contribution in [0.5, 0.6) is 0 Å². The Morgan fingerprint density at radius 1 is 1.25 bits per heavy atom. The molecule has 0 bridgehead atoms. The van der Waals surface area contributed by atoms with Crippen molar-refractivity contribution in [2.24, 2.45) is 0 Å². The van der Waals surface area contributed by atoms with Crippen LogP contribution in [0.1, 0.15) is 25.3 Å². The Morgan fingerprint density at radius 2 is 1.89 bits per heavy atom. The number of carbonyl (C=O) groups excluding carboxylic acids is 1. The summed E-state index contributed by atoms with van der Waals surface area (Å²) in [6.45, 7) is 5.21. The van der Waals surface area contributed by atoms with Crippen molar-refractivity contribution in [1.29, 1.82) is 0 Å². The van der Waals surface area contributed by atoms with Gasteiger partial charge in [-0.1, -0.05) is 17.7 Å². The number of hydrogen-bond donors (Lipinski definition) is 3. The van der Waals surface area contributed by atoms with Crippen LogP contribution in [-0.2, 0) is 19.6 Å². The van der Waals surface area contributed by atoms with E-state index in [1.807, 2.05) is 11.8 Å². The molecule has 2 heterocycles. The lowest BCUT2D eigenvalue weighted by atomic mass is 10.0. The number of aliphatic hydroxyl groups excluding tert-OH is 1. The van der Waals surface area contributed by atoms with Gasteiger partial charge in [0.05, 0.1) is 29.8 Å². The Hall–Kier alpha value is -1.52. The first-order valence-corrected chi connectivity index (χ1v) is 11.1. The van der Waals surface area contributed by atoms with E-state index in [0.717, 1.165) is 18.4 Å². The minimum Gasteiger partial charge on any atom is -0.389 e. The van der Waals surface area contributed by atoms with Crippen molar-refractivity contribution in [2.75, 3.05) is 26.2 Å². The predicted molar refractivity (Wildman–Crippen MR) is 104 cm³/mol. The van der Waals surface area contributed by atoms with Gasteiger partial charge in [-0.05, 0) is 31.9 Å². The molecule has 28 heavy (non-hydrogen) atoms. The first-order chi connectivity index (χ1) is 13.3. The Morgan fingerprint density at radius 3 is 2.50 bits per heavy atom. The lowest BCUT2D eigenvalue weighted by Gasteiger charge is -2.33. The first-order valence-electron chi connectivity index (χ1n) is 9.64. The SMILES string of the molecule is CC(=O)N1CCC(N[C@@H]2CO[C@H](CNS(=O)(=O)c3ccc(C)cc3)[C@H]2O)CC1. The van der Waals surface area contributed by atoms with E-state index >= 15 is 0 Å². The van der Waals surface area contributed by atoms with E-state index in [1.54, 1.807) is 31.2 Å². The van der Waals surface area contributed by atoms with Gasteiger partial charge in [-0.3, -0.25) is 4.79 Å². The van der Waals surface area contributed by atoms with Gasteiger partial charge < -0.3 is 20.1 Å². The van der Waals surface area contributed by atoms with Crippen molar-refractivity contribution < 1.29 is 23.1 Å². The standard InChI is InChI=1S/C19H29N3O5S/c1-13-3-5-16(6-4-13)28(25,26)20-11-18-19(24)17(12-27-18)21-15-7-9-22(10-8-15)14(2)23/h3-6,15,17-21,24H,7-12H2,1-2H3/t17-,18-,19+/m1/s1. The maximum absolute atomic E-state index is 12.4. The predicted octanol–water partition coefficient (Wildman–Crippen LogP) is 0.00212. The molecule has 1 amide bonds. The largest absolute Gasteiger partial charge is 0.389 e. The molecule has 2 aliphatic rings. The molecule has 2 saturated heterocycles. The third-order valence-electron chi connectivity index (χ3n) is 5.48. The minimum atomic E-state index is -3.65. The van der Waals surface area contributed by atoms with Crippen LogP contribution in [0.3, 0.4) is 0 Å². The summed E-state index contributed by atoms with van der Waals surface area (Å²) in [5, 5.41) is 13.9. The first kappa shape index (κ1) is 21.2. The summed E-state index contributed by atoms with van der Waals surface area (Å²) >= 11 is 0. The third kappa shape index (κ3) is 5.09. The molecule has 0 saturated carbocycles. The van der Waals surface area contributed by atoms with Gasteiger partial charge in [-0.2, -0.15) is 0 Å².